The van der Waals surface area contributed by atoms with Crippen LogP contribution in [-0.2, 0) is 6.61 Å². The summed E-state index contributed by atoms with van der Waals surface area (Å²) in [7, 11) is 0. The molecule has 1 heterocycles. The maximum absolute atomic E-state index is 13.6. The maximum atomic E-state index is 13.6. The molecule has 0 saturated carbocycles. The minimum atomic E-state index is -0.388. The van der Waals surface area contributed by atoms with Crippen LogP contribution < -0.4 is 4.74 Å². The summed E-state index contributed by atoms with van der Waals surface area (Å²) in [6.07, 6.45) is 1.85. The molecule has 1 aromatic heterocycles. The zero-order valence-electron chi connectivity index (χ0n) is 11.0. The van der Waals surface area contributed by atoms with Gasteiger partial charge in [-0.15, -0.1) is 0 Å². The van der Waals surface area contributed by atoms with Gasteiger partial charge in [0, 0.05) is 10.7 Å². The lowest BCUT2D eigenvalue weighted by atomic mass is 10.3. The molecule has 21 heavy (non-hydrogen) atoms. The molecule has 5 heteroatoms. The molecule has 106 valence electrons. The topological polar surface area (TPSA) is 27.1 Å². The van der Waals surface area contributed by atoms with Crippen molar-refractivity contribution in [3.63, 3.8) is 0 Å². The molecule has 3 nitrogen and oxygen atoms in total. The first-order valence-electron chi connectivity index (χ1n) is 6.40. The highest BCUT2D eigenvalue weighted by molar-refractivity contribution is 9.10. The molecule has 3 aromatic rings. The Morgan fingerprint density at radius 1 is 1.10 bits per heavy atom. The third kappa shape index (κ3) is 3.31. The highest BCUT2D eigenvalue weighted by atomic mass is 79.9. The van der Waals surface area contributed by atoms with Crippen LogP contribution in [0.5, 0.6) is 5.75 Å². The Morgan fingerprint density at radius 2 is 1.90 bits per heavy atom. The number of benzene rings is 2. The first-order chi connectivity index (χ1) is 10.2. The number of nitrogens with zero attached hydrogens (tertiary/aromatic N) is 2. The van der Waals surface area contributed by atoms with Crippen LogP contribution in [0.2, 0.25) is 0 Å². The Kier molecular flexibility index (Phi) is 4.01. The van der Waals surface area contributed by atoms with Gasteiger partial charge in [0.15, 0.2) is 11.6 Å². The second-order valence-corrected chi connectivity index (χ2v) is 5.37. The fraction of sp³-hybridized carbons (Fsp3) is 0.0625. The van der Waals surface area contributed by atoms with Crippen molar-refractivity contribution in [2.24, 2.45) is 0 Å². The van der Waals surface area contributed by atoms with Crippen LogP contribution in [0, 0.1) is 5.82 Å². The second-order valence-electron chi connectivity index (χ2n) is 4.45. The average Bonchev–Trinajstić information content (AvgIpc) is 2.98. The lowest BCUT2D eigenvalue weighted by Gasteiger charge is -2.06. The van der Waals surface area contributed by atoms with Gasteiger partial charge in [-0.05, 0) is 36.4 Å². The van der Waals surface area contributed by atoms with E-state index in [1.807, 2.05) is 42.6 Å². The van der Waals surface area contributed by atoms with Gasteiger partial charge in [-0.1, -0.05) is 34.1 Å². The van der Waals surface area contributed by atoms with Crippen LogP contribution in [0.15, 0.2) is 65.3 Å². The lowest BCUT2D eigenvalue weighted by Crippen LogP contribution is -2.00. The largest absolute Gasteiger partial charge is 0.484 e. The molecule has 0 saturated heterocycles. The van der Waals surface area contributed by atoms with Gasteiger partial charge in [0.25, 0.3) is 0 Å². The summed E-state index contributed by atoms with van der Waals surface area (Å²) < 4.78 is 21.6. The predicted octanol–water partition coefficient (Wildman–Crippen LogP) is 4.35. The van der Waals surface area contributed by atoms with Crippen molar-refractivity contribution in [2.45, 2.75) is 6.61 Å². The van der Waals surface area contributed by atoms with Crippen molar-refractivity contribution < 1.29 is 9.13 Å². The summed E-state index contributed by atoms with van der Waals surface area (Å²) in [6, 6.07) is 16.2. The van der Waals surface area contributed by atoms with Crippen LogP contribution in [0.4, 0.5) is 4.39 Å². The van der Waals surface area contributed by atoms with E-state index < -0.39 is 0 Å². The number of para-hydroxylation sites is 1. The number of hydrogen-bond donors (Lipinski definition) is 0. The molecule has 3 rings (SSSR count). The van der Waals surface area contributed by atoms with Crippen LogP contribution in [0.25, 0.3) is 5.69 Å². The molecular formula is C16H12BrFN2O. The molecule has 0 fully saturated rings. The Bertz CT molecular complexity index is 743. The van der Waals surface area contributed by atoms with E-state index in [2.05, 4.69) is 21.0 Å². The highest BCUT2D eigenvalue weighted by Gasteiger charge is 2.06. The fourth-order valence-electron chi connectivity index (χ4n) is 1.90. The summed E-state index contributed by atoms with van der Waals surface area (Å²) in [4.78, 5) is 0. The van der Waals surface area contributed by atoms with E-state index in [9.17, 15) is 4.39 Å². The molecule has 0 N–H and O–H groups in total. The van der Waals surface area contributed by atoms with Crippen LogP contribution in [0.3, 0.4) is 0 Å². The number of rotatable bonds is 4. The molecule has 0 radical (unpaired) electrons. The molecule has 0 bridgehead atoms. The van der Waals surface area contributed by atoms with Gasteiger partial charge in [-0.3, -0.25) is 0 Å². The van der Waals surface area contributed by atoms with E-state index in [0.717, 1.165) is 15.9 Å². The van der Waals surface area contributed by atoms with Gasteiger partial charge in [-0.2, -0.15) is 5.10 Å². The van der Waals surface area contributed by atoms with Gasteiger partial charge < -0.3 is 4.74 Å². The fourth-order valence-corrected chi connectivity index (χ4v) is 2.24. The lowest BCUT2D eigenvalue weighted by molar-refractivity contribution is 0.285. The van der Waals surface area contributed by atoms with Crippen molar-refractivity contribution in [3.8, 4) is 11.4 Å². The summed E-state index contributed by atoms with van der Waals surface area (Å²) in [5, 5.41) is 4.41. The van der Waals surface area contributed by atoms with Gasteiger partial charge >= 0.3 is 0 Å². The normalized spacial score (nSPS) is 10.6. The number of halogens is 2. The summed E-state index contributed by atoms with van der Waals surface area (Å²) >= 11 is 3.29. The number of ether oxygens (including phenoxy) is 1. The van der Waals surface area contributed by atoms with E-state index in [-0.39, 0.29) is 18.2 Å². The van der Waals surface area contributed by atoms with E-state index in [0.29, 0.717) is 0 Å². The van der Waals surface area contributed by atoms with E-state index >= 15 is 0 Å². The zero-order valence-corrected chi connectivity index (χ0v) is 12.6. The number of hydrogen-bond acceptors (Lipinski definition) is 2. The molecule has 0 spiro atoms. The predicted molar refractivity (Wildman–Crippen MR) is 82.0 cm³/mol. The highest BCUT2D eigenvalue weighted by Crippen LogP contribution is 2.23. The van der Waals surface area contributed by atoms with Crippen LogP contribution in [-0.4, -0.2) is 9.78 Å². The molecule has 0 atom stereocenters. The van der Waals surface area contributed by atoms with Crippen molar-refractivity contribution in [1.82, 2.24) is 9.78 Å². The summed E-state index contributed by atoms with van der Waals surface area (Å²) in [5.41, 5.74) is 1.70. The summed E-state index contributed by atoms with van der Waals surface area (Å²) in [5.74, 6) is -0.181. The molecule has 0 aliphatic rings. The number of aromatic nitrogens is 2. The van der Waals surface area contributed by atoms with Gasteiger partial charge in [0.1, 0.15) is 12.3 Å². The van der Waals surface area contributed by atoms with E-state index in [1.54, 1.807) is 16.8 Å². The standard InChI is InChI=1S/C16H12BrFN2O/c17-12-6-7-15(18)16(10-12)21-11-13-8-9-20(19-13)14-4-2-1-3-5-14/h1-10H,11H2. The third-order valence-corrected chi connectivity index (χ3v) is 3.43. The van der Waals surface area contributed by atoms with Crippen molar-refractivity contribution in [3.05, 3.63) is 76.8 Å². The van der Waals surface area contributed by atoms with E-state index in [4.69, 9.17) is 4.74 Å². The average molecular weight is 347 g/mol. The maximum Gasteiger partial charge on any atom is 0.165 e. The molecular weight excluding hydrogens is 335 g/mol. The Hall–Kier alpha value is -2.14. The monoisotopic (exact) mass is 346 g/mol. The molecule has 0 amide bonds. The van der Waals surface area contributed by atoms with Gasteiger partial charge in [-0.25, -0.2) is 9.07 Å². The SMILES string of the molecule is Fc1ccc(Br)cc1OCc1ccn(-c2ccccc2)n1. The second kappa shape index (κ2) is 6.10. The molecule has 2 aromatic carbocycles. The molecule has 0 aliphatic carbocycles. The zero-order chi connectivity index (χ0) is 14.7. The Balaban J connectivity index is 1.72. The summed E-state index contributed by atoms with van der Waals surface area (Å²) in [6.45, 7) is 0.215. The van der Waals surface area contributed by atoms with Gasteiger partial charge in [0.05, 0.1) is 5.69 Å². The third-order valence-electron chi connectivity index (χ3n) is 2.93. The molecule has 0 unspecified atom stereocenters. The van der Waals surface area contributed by atoms with Crippen molar-refractivity contribution in [2.75, 3.05) is 0 Å². The first kappa shape index (κ1) is 13.8. The van der Waals surface area contributed by atoms with E-state index in [1.165, 1.54) is 6.07 Å². The minimum Gasteiger partial charge on any atom is -0.484 e. The van der Waals surface area contributed by atoms with Crippen molar-refractivity contribution in [1.29, 1.82) is 0 Å². The Morgan fingerprint density at radius 3 is 2.71 bits per heavy atom. The van der Waals surface area contributed by atoms with Crippen molar-refractivity contribution >= 4 is 15.9 Å². The van der Waals surface area contributed by atoms with Gasteiger partial charge in [0.2, 0.25) is 0 Å². The Labute approximate surface area is 130 Å². The molecule has 0 aliphatic heterocycles. The quantitative estimate of drug-likeness (QED) is 0.702. The smallest absolute Gasteiger partial charge is 0.165 e. The van der Waals surface area contributed by atoms with Crippen LogP contribution >= 0.6 is 15.9 Å². The minimum absolute atomic E-state index is 0.207. The first-order valence-corrected chi connectivity index (χ1v) is 7.19. The van der Waals surface area contributed by atoms with Crippen LogP contribution in [0.1, 0.15) is 5.69 Å².